The first-order chi connectivity index (χ1) is 7.63. The second-order valence-electron chi connectivity index (χ2n) is 3.07. The largest absolute Gasteiger partial charge is 0.272 e. The van der Waals surface area contributed by atoms with Crippen LogP contribution in [-0.4, -0.2) is 11.6 Å². The molecule has 4 nitrogen and oxygen atoms in total. The van der Waals surface area contributed by atoms with Gasteiger partial charge in [0.25, 0.3) is 5.91 Å². The predicted octanol–water partition coefficient (Wildman–Crippen LogP) is 1.58. The summed E-state index contributed by atoms with van der Waals surface area (Å²) in [6.07, 6.45) is -0.236. The molecule has 0 aliphatic rings. The molecule has 0 radical (unpaired) electrons. The smallest absolute Gasteiger partial charge is 0.254 e. The van der Waals surface area contributed by atoms with Crippen LogP contribution in [0.3, 0.4) is 0 Å². The van der Waals surface area contributed by atoms with E-state index in [2.05, 4.69) is 10.5 Å². The highest BCUT2D eigenvalue weighted by Crippen LogP contribution is 2.03. The van der Waals surface area contributed by atoms with Crippen LogP contribution in [0.2, 0.25) is 0 Å². The van der Waals surface area contributed by atoms with E-state index in [9.17, 15) is 9.18 Å². The van der Waals surface area contributed by atoms with Gasteiger partial charge in [-0.1, -0.05) is 12.1 Å². The highest BCUT2D eigenvalue weighted by Gasteiger charge is 2.00. The lowest BCUT2D eigenvalue weighted by Crippen LogP contribution is -2.18. The normalized spacial score (nSPS) is 10.7. The number of nitrogens with zero attached hydrogens (tertiary/aromatic N) is 2. The number of carbonyl (C=O) groups excluding carboxylic acids is 1. The molecule has 1 rings (SSSR count). The van der Waals surface area contributed by atoms with Crippen molar-refractivity contribution >= 4 is 11.6 Å². The zero-order chi connectivity index (χ0) is 12.0. The van der Waals surface area contributed by atoms with Crippen LogP contribution >= 0.6 is 0 Å². The molecule has 0 heterocycles. The summed E-state index contributed by atoms with van der Waals surface area (Å²) in [5.41, 5.74) is 3.48. The molecule has 0 fully saturated rings. The molecule has 0 aromatic heterocycles. The van der Waals surface area contributed by atoms with Gasteiger partial charge in [0.1, 0.15) is 12.2 Å². The zero-order valence-corrected chi connectivity index (χ0v) is 8.70. The Morgan fingerprint density at radius 1 is 1.50 bits per heavy atom. The summed E-state index contributed by atoms with van der Waals surface area (Å²) in [7, 11) is 0. The number of carbonyl (C=O) groups is 1. The second kappa shape index (κ2) is 5.61. The quantitative estimate of drug-likeness (QED) is 0.619. The van der Waals surface area contributed by atoms with Crippen LogP contribution in [0, 0.1) is 17.1 Å². The van der Waals surface area contributed by atoms with Crippen LogP contribution in [0.15, 0.2) is 29.4 Å². The van der Waals surface area contributed by atoms with Crippen molar-refractivity contribution in [2.75, 3.05) is 0 Å². The lowest BCUT2D eigenvalue weighted by atomic mass is 10.1. The Kier molecular flexibility index (Phi) is 4.16. The number of hydrogen-bond donors (Lipinski definition) is 1. The van der Waals surface area contributed by atoms with E-state index >= 15 is 0 Å². The molecule has 1 aromatic carbocycles. The summed E-state index contributed by atoms with van der Waals surface area (Å²) in [5, 5.41) is 12.0. The number of rotatable bonds is 3. The van der Waals surface area contributed by atoms with Crippen molar-refractivity contribution in [3.8, 4) is 6.07 Å². The van der Waals surface area contributed by atoms with Crippen LogP contribution in [0.5, 0.6) is 0 Å². The van der Waals surface area contributed by atoms with Gasteiger partial charge < -0.3 is 0 Å². The molecule has 16 heavy (non-hydrogen) atoms. The zero-order valence-electron chi connectivity index (χ0n) is 8.70. The molecule has 0 aliphatic heterocycles. The van der Waals surface area contributed by atoms with Crippen molar-refractivity contribution in [1.29, 1.82) is 5.26 Å². The molecule has 0 bridgehead atoms. The molecule has 0 spiro atoms. The average molecular weight is 219 g/mol. The van der Waals surface area contributed by atoms with Gasteiger partial charge in [-0.05, 0) is 24.6 Å². The minimum absolute atomic E-state index is 0.236. The first kappa shape index (κ1) is 11.9. The maximum Gasteiger partial charge on any atom is 0.254 e. The van der Waals surface area contributed by atoms with E-state index < -0.39 is 5.91 Å². The maximum absolute atomic E-state index is 12.6. The summed E-state index contributed by atoms with van der Waals surface area (Å²) >= 11 is 0. The number of amides is 1. The first-order valence-corrected chi connectivity index (χ1v) is 4.59. The minimum Gasteiger partial charge on any atom is -0.272 e. The third-order valence-electron chi connectivity index (χ3n) is 1.85. The molecular weight excluding hydrogens is 209 g/mol. The molecule has 1 amide bonds. The van der Waals surface area contributed by atoms with Crippen molar-refractivity contribution in [2.24, 2.45) is 5.10 Å². The molecule has 82 valence electrons. The third-order valence-corrected chi connectivity index (χ3v) is 1.85. The molecule has 1 N–H and O–H groups in total. The van der Waals surface area contributed by atoms with Gasteiger partial charge in [0.15, 0.2) is 0 Å². The van der Waals surface area contributed by atoms with Crippen LogP contribution < -0.4 is 5.43 Å². The van der Waals surface area contributed by atoms with E-state index in [0.29, 0.717) is 11.3 Å². The Balaban J connectivity index is 2.67. The molecule has 1 aromatic rings. The summed E-state index contributed by atoms with van der Waals surface area (Å²) in [6, 6.07) is 7.45. The van der Waals surface area contributed by atoms with E-state index in [1.807, 2.05) is 0 Å². The van der Waals surface area contributed by atoms with Crippen molar-refractivity contribution in [1.82, 2.24) is 5.43 Å². The van der Waals surface area contributed by atoms with Crippen LogP contribution in [0.1, 0.15) is 18.9 Å². The van der Waals surface area contributed by atoms with Crippen molar-refractivity contribution < 1.29 is 9.18 Å². The third kappa shape index (κ3) is 3.50. The van der Waals surface area contributed by atoms with Gasteiger partial charge in [-0.3, -0.25) is 4.79 Å². The summed E-state index contributed by atoms with van der Waals surface area (Å²) in [4.78, 5) is 10.9. The number of nitrogens with one attached hydrogen (secondary N) is 1. The fourth-order valence-electron chi connectivity index (χ4n) is 1.01. The van der Waals surface area contributed by atoms with Gasteiger partial charge in [-0.25, -0.2) is 9.82 Å². The highest BCUT2D eigenvalue weighted by molar-refractivity contribution is 5.99. The number of hydrazone groups is 1. The van der Waals surface area contributed by atoms with Crippen molar-refractivity contribution in [2.45, 2.75) is 13.3 Å². The Bertz CT molecular complexity index is 445. The van der Waals surface area contributed by atoms with Crippen LogP contribution in [-0.2, 0) is 4.79 Å². The lowest BCUT2D eigenvalue weighted by Gasteiger charge is -2.00. The second-order valence-corrected chi connectivity index (χ2v) is 3.07. The molecule has 5 heteroatoms. The summed E-state index contributed by atoms with van der Waals surface area (Å²) < 4.78 is 12.6. The number of nitriles is 1. The lowest BCUT2D eigenvalue weighted by molar-refractivity contribution is -0.120. The molecular formula is C11H10FN3O. The molecule has 0 aliphatic carbocycles. The molecule has 0 atom stereocenters. The average Bonchev–Trinajstić information content (AvgIpc) is 2.27. The summed E-state index contributed by atoms with van der Waals surface area (Å²) in [6.45, 7) is 1.68. The van der Waals surface area contributed by atoms with E-state index in [-0.39, 0.29) is 12.2 Å². The van der Waals surface area contributed by atoms with Gasteiger partial charge in [-0.15, -0.1) is 0 Å². The molecule has 0 saturated carbocycles. The monoisotopic (exact) mass is 219 g/mol. The van der Waals surface area contributed by atoms with E-state index in [0.717, 1.165) is 0 Å². The Morgan fingerprint density at radius 2 is 2.12 bits per heavy atom. The number of hydrogen-bond acceptors (Lipinski definition) is 3. The van der Waals surface area contributed by atoms with Gasteiger partial charge in [0.2, 0.25) is 0 Å². The van der Waals surface area contributed by atoms with Crippen molar-refractivity contribution in [3.63, 3.8) is 0 Å². The highest BCUT2D eigenvalue weighted by atomic mass is 19.1. The van der Waals surface area contributed by atoms with Crippen LogP contribution in [0.4, 0.5) is 4.39 Å². The van der Waals surface area contributed by atoms with Gasteiger partial charge in [0.05, 0.1) is 11.8 Å². The molecule has 0 saturated heterocycles. The topological polar surface area (TPSA) is 65.2 Å². The Labute approximate surface area is 92.4 Å². The Morgan fingerprint density at radius 3 is 2.69 bits per heavy atom. The minimum atomic E-state index is -0.469. The fraction of sp³-hybridized carbons (Fsp3) is 0.182. The number of benzene rings is 1. The van der Waals surface area contributed by atoms with E-state index in [4.69, 9.17) is 5.26 Å². The molecule has 0 unspecified atom stereocenters. The maximum atomic E-state index is 12.6. The summed E-state index contributed by atoms with van der Waals surface area (Å²) in [5.74, 6) is -0.797. The SMILES string of the molecule is C/C(=N\NC(=O)CC#N)c1ccc(F)cc1. The Hall–Kier alpha value is -2.22. The number of halogens is 1. The van der Waals surface area contributed by atoms with Gasteiger partial charge in [-0.2, -0.15) is 10.4 Å². The standard InChI is InChI=1S/C11H10FN3O/c1-8(14-15-11(16)6-7-13)9-2-4-10(12)5-3-9/h2-5H,6H2,1H3,(H,15,16)/b14-8+. The van der Waals surface area contributed by atoms with Gasteiger partial charge >= 0.3 is 0 Å². The first-order valence-electron chi connectivity index (χ1n) is 4.59. The van der Waals surface area contributed by atoms with E-state index in [1.165, 1.54) is 12.1 Å². The fourth-order valence-corrected chi connectivity index (χ4v) is 1.01. The predicted molar refractivity (Wildman–Crippen MR) is 57.0 cm³/mol. The van der Waals surface area contributed by atoms with Crippen molar-refractivity contribution in [3.05, 3.63) is 35.6 Å². The van der Waals surface area contributed by atoms with E-state index in [1.54, 1.807) is 25.1 Å². The van der Waals surface area contributed by atoms with Crippen LogP contribution in [0.25, 0.3) is 0 Å². The van der Waals surface area contributed by atoms with Gasteiger partial charge in [0, 0.05) is 0 Å².